The van der Waals surface area contributed by atoms with Gasteiger partial charge in [0.15, 0.2) is 0 Å². The zero-order valence-electron chi connectivity index (χ0n) is 7.44. The Labute approximate surface area is 90.3 Å². The van der Waals surface area contributed by atoms with E-state index in [1.165, 1.54) is 12.1 Å². The number of aliphatic carboxylic acids is 1. The summed E-state index contributed by atoms with van der Waals surface area (Å²) in [7, 11) is 0. The van der Waals surface area contributed by atoms with Crippen molar-refractivity contribution in [1.82, 2.24) is 0 Å². The number of nitrogens with two attached hydrogens (primary N) is 1. The molecule has 0 amide bonds. The van der Waals surface area contributed by atoms with E-state index < -0.39 is 17.8 Å². The summed E-state index contributed by atoms with van der Waals surface area (Å²) in [5.74, 6) is -1.72. The second kappa shape index (κ2) is 4.17. The molecule has 1 atom stereocenters. The van der Waals surface area contributed by atoms with E-state index in [9.17, 15) is 9.90 Å². The summed E-state index contributed by atoms with van der Waals surface area (Å²) in [4.78, 5) is 10.6. The van der Waals surface area contributed by atoms with Crippen LogP contribution >= 0.6 is 11.6 Å². The lowest BCUT2D eigenvalue weighted by molar-refractivity contribution is -0.138. The van der Waals surface area contributed by atoms with Crippen molar-refractivity contribution in [2.24, 2.45) is 5.73 Å². The number of carboxylic acid groups (broad SMARTS) is 1. The van der Waals surface area contributed by atoms with Crippen LogP contribution in [-0.2, 0) is 4.79 Å². The van der Waals surface area contributed by atoms with Crippen LogP contribution in [0.15, 0.2) is 12.1 Å². The third-order valence-corrected chi connectivity index (χ3v) is 2.11. The van der Waals surface area contributed by atoms with Crippen molar-refractivity contribution in [1.29, 1.82) is 5.26 Å². The van der Waals surface area contributed by atoms with Crippen LogP contribution in [0.1, 0.15) is 17.2 Å². The smallest absolute Gasteiger partial charge is 0.325 e. The predicted octanol–water partition coefficient (Wildman–Crippen LogP) is 1.00. The van der Waals surface area contributed by atoms with E-state index >= 15 is 0 Å². The van der Waals surface area contributed by atoms with Crippen LogP contribution in [0.5, 0.6) is 5.75 Å². The van der Waals surface area contributed by atoms with Gasteiger partial charge in [0.05, 0.1) is 16.7 Å². The zero-order chi connectivity index (χ0) is 11.6. The van der Waals surface area contributed by atoms with Gasteiger partial charge in [0.25, 0.3) is 0 Å². The lowest BCUT2D eigenvalue weighted by Crippen LogP contribution is -2.20. The summed E-state index contributed by atoms with van der Waals surface area (Å²) in [6, 6.07) is 2.80. The Kier molecular flexibility index (Phi) is 3.14. The molecule has 0 saturated carbocycles. The van der Waals surface area contributed by atoms with E-state index in [-0.39, 0.29) is 16.1 Å². The molecule has 78 valence electrons. The first-order valence-electron chi connectivity index (χ1n) is 3.88. The number of aromatic hydroxyl groups is 1. The van der Waals surface area contributed by atoms with Crippen LogP contribution in [0.25, 0.3) is 0 Å². The summed E-state index contributed by atoms with van der Waals surface area (Å²) in [5, 5.41) is 26.6. The van der Waals surface area contributed by atoms with Gasteiger partial charge < -0.3 is 15.9 Å². The van der Waals surface area contributed by atoms with Crippen molar-refractivity contribution < 1.29 is 15.0 Å². The first-order chi connectivity index (χ1) is 6.97. The number of hydrogen-bond donors (Lipinski definition) is 3. The summed E-state index contributed by atoms with van der Waals surface area (Å²) >= 11 is 5.60. The van der Waals surface area contributed by atoms with Gasteiger partial charge in [-0.05, 0) is 12.1 Å². The second-order valence-electron chi connectivity index (χ2n) is 2.82. The van der Waals surface area contributed by atoms with Crippen molar-refractivity contribution >= 4 is 17.6 Å². The molecule has 0 heterocycles. The van der Waals surface area contributed by atoms with Crippen LogP contribution in [0.2, 0.25) is 5.02 Å². The van der Waals surface area contributed by atoms with E-state index in [1.54, 1.807) is 6.07 Å². The summed E-state index contributed by atoms with van der Waals surface area (Å²) < 4.78 is 0. The van der Waals surface area contributed by atoms with Crippen LogP contribution in [-0.4, -0.2) is 16.2 Å². The monoisotopic (exact) mass is 226 g/mol. The molecule has 0 unspecified atom stereocenters. The van der Waals surface area contributed by atoms with E-state index in [0.29, 0.717) is 0 Å². The minimum absolute atomic E-state index is 0.0773. The Morgan fingerprint density at radius 2 is 2.20 bits per heavy atom. The van der Waals surface area contributed by atoms with Gasteiger partial charge >= 0.3 is 5.97 Å². The predicted molar refractivity (Wildman–Crippen MR) is 52.4 cm³/mol. The molecule has 1 aromatic rings. The number of phenols is 1. The Hall–Kier alpha value is -1.77. The summed E-state index contributed by atoms with van der Waals surface area (Å²) in [6.45, 7) is 0. The van der Waals surface area contributed by atoms with Gasteiger partial charge in [0, 0.05) is 5.56 Å². The van der Waals surface area contributed by atoms with Crippen molar-refractivity contribution in [2.75, 3.05) is 0 Å². The van der Waals surface area contributed by atoms with Crippen molar-refractivity contribution in [2.45, 2.75) is 6.04 Å². The van der Waals surface area contributed by atoms with E-state index in [4.69, 9.17) is 27.7 Å². The van der Waals surface area contributed by atoms with Gasteiger partial charge in [-0.1, -0.05) is 11.6 Å². The lowest BCUT2D eigenvalue weighted by atomic mass is 10.0. The van der Waals surface area contributed by atoms with Crippen LogP contribution in [0.3, 0.4) is 0 Å². The number of hydrogen-bond acceptors (Lipinski definition) is 4. The molecule has 5 nitrogen and oxygen atoms in total. The van der Waals surface area contributed by atoms with Crippen LogP contribution < -0.4 is 5.73 Å². The number of benzene rings is 1. The lowest BCUT2D eigenvalue weighted by Gasteiger charge is -2.10. The van der Waals surface area contributed by atoms with Crippen molar-refractivity contribution in [3.8, 4) is 11.8 Å². The van der Waals surface area contributed by atoms with Gasteiger partial charge in [-0.15, -0.1) is 0 Å². The van der Waals surface area contributed by atoms with Crippen molar-refractivity contribution in [3.05, 3.63) is 28.3 Å². The second-order valence-corrected chi connectivity index (χ2v) is 3.23. The summed E-state index contributed by atoms with van der Waals surface area (Å²) in [6.07, 6.45) is 0. The Morgan fingerprint density at radius 3 is 2.67 bits per heavy atom. The maximum atomic E-state index is 10.6. The molecule has 6 heteroatoms. The highest BCUT2D eigenvalue weighted by Crippen LogP contribution is 2.32. The largest absolute Gasteiger partial charge is 0.506 e. The fourth-order valence-corrected chi connectivity index (χ4v) is 1.28. The third-order valence-electron chi connectivity index (χ3n) is 1.82. The Balaban J connectivity index is 3.35. The first kappa shape index (κ1) is 11.3. The quantitative estimate of drug-likeness (QED) is 0.697. The average Bonchev–Trinajstić information content (AvgIpc) is 2.20. The maximum Gasteiger partial charge on any atom is 0.325 e. The molecule has 1 rings (SSSR count). The van der Waals surface area contributed by atoms with Crippen LogP contribution in [0.4, 0.5) is 0 Å². The molecule has 0 aliphatic heterocycles. The number of nitriles is 1. The number of carbonyl (C=O) groups is 1. The molecular weight excluding hydrogens is 220 g/mol. The average molecular weight is 227 g/mol. The molecule has 1 aromatic carbocycles. The first-order valence-corrected chi connectivity index (χ1v) is 4.26. The number of nitrogens with zero attached hydrogens (tertiary/aromatic N) is 1. The summed E-state index contributed by atoms with van der Waals surface area (Å²) in [5.41, 5.74) is 5.37. The van der Waals surface area contributed by atoms with Gasteiger partial charge in [0.1, 0.15) is 11.8 Å². The molecule has 0 radical (unpaired) electrons. The molecule has 0 aliphatic rings. The number of phenolic OH excluding ortho intramolecular Hbond substituents is 1. The van der Waals surface area contributed by atoms with Crippen molar-refractivity contribution in [3.63, 3.8) is 0 Å². The molecule has 0 bridgehead atoms. The van der Waals surface area contributed by atoms with Crippen LogP contribution in [0, 0.1) is 11.3 Å². The van der Waals surface area contributed by atoms with E-state index in [1.807, 2.05) is 0 Å². The highest BCUT2D eigenvalue weighted by Gasteiger charge is 2.20. The molecule has 0 aromatic heterocycles. The number of carboxylic acids is 1. The maximum absolute atomic E-state index is 10.6. The van der Waals surface area contributed by atoms with E-state index in [2.05, 4.69) is 0 Å². The molecular formula is C9H7ClN2O3. The fourth-order valence-electron chi connectivity index (χ4n) is 1.05. The van der Waals surface area contributed by atoms with Gasteiger partial charge in [-0.2, -0.15) is 5.26 Å². The third kappa shape index (κ3) is 2.18. The fraction of sp³-hybridized carbons (Fsp3) is 0.111. The Morgan fingerprint density at radius 1 is 1.60 bits per heavy atom. The molecule has 0 fully saturated rings. The van der Waals surface area contributed by atoms with Gasteiger partial charge in [0.2, 0.25) is 0 Å². The standard InChI is InChI=1S/C9H7ClN2O3/c10-6-2-4(3-11)1-5(8(6)13)7(12)9(14)15/h1-2,7,13H,12H2,(H,14,15)/t7-/m0/s1. The van der Waals surface area contributed by atoms with Gasteiger partial charge in [-0.3, -0.25) is 4.79 Å². The number of halogens is 1. The van der Waals surface area contributed by atoms with Gasteiger partial charge in [-0.25, -0.2) is 0 Å². The molecule has 0 aliphatic carbocycles. The normalized spacial score (nSPS) is 11.8. The minimum atomic E-state index is -1.41. The molecule has 0 spiro atoms. The Bertz CT molecular complexity index is 453. The van der Waals surface area contributed by atoms with E-state index in [0.717, 1.165) is 0 Å². The molecule has 15 heavy (non-hydrogen) atoms. The molecule has 4 N–H and O–H groups in total. The minimum Gasteiger partial charge on any atom is -0.506 e. The topological polar surface area (TPSA) is 107 Å². The zero-order valence-corrected chi connectivity index (χ0v) is 8.19. The highest BCUT2D eigenvalue weighted by atomic mass is 35.5. The SMILES string of the molecule is N#Cc1cc(Cl)c(O)c([C@H](N)C(=O)O)c1. The number of rotatable bonds is 2. The molecule has 0 saturated heterocycles. The highest BCUT2D eigenvalue weighted by molar-refractivity contribution is 6.32.